The standard InChI is InChI=1S/Co.H2S4/c;1-3-4-2/h;1,4H. The Hall–Kier alpha value is 1.78. The van der Waals surface area contributed by atoms with E-state index in [9.17, 15) is 0 Å². The van der Waals surface area contributed by atoms with Crippen LogP contribution in [0.15, 0.2) is 0 Å². The van der Waals surface area contributed by atoms with Gasteiger partial charge in [-0.1, -0.05) is 21.0 Å². The van der Waals surface area contributed by atoms with Crippen molar-refractivity contribution < 1.29 is 16.8 Å². The maximum atomic E-state index is 4.41. The van der Waals surface area contributed by atoms with Crippen molar-refractivity contribution in [3.05, 3.63) is 0 Å². The third-order valence-electron chi connectivity index (χ3n) is 0.0333. The van der Waals surface area contributed by atoms with Gasteiger partial charge in [-0.05, 0) is 21.0 Å². The molecule has 0 amide bonds. The Bertz CT molecular complexity index is 17.6. The molecule has 0 N–H and O–H groups in total. The Balaban J connectivity index is 0. The molecule has 0 spiro atoms. The molecule has 0 unspecified atom stereocenters. The van der Waals surface area contributed by atoms with Crippen molar-refractivity contribution in [2.45, 2.75) is 0 Å². The van der Waals surface area contributed by atoms with Gasteiger partial charge in [0.2, 0.25) is 0 Å². The van der Waals surface area contributed by atoms with Crippen LogP contribution in [0.1, 0.15) is 0 Å². The zero-order valence-electron chi connectivity index (χ0n) is 2.04. The Kier molecular flexibility index (Phi) is 18.3. The summed E-state index contributed by atoms with van der Waals surface area (Å²) in [6, 6.07) is 0. The first kappa shape index (κ1) is 9.91. The molecule has 0 aliphatic rings. The smallest absolute Gasteiger partial charge is 0 e. The normalized spacial score (nSPS) is 5.80. The molecule has 0 heterocycles. The van der Waals surface area contributed by atoms with Gasteiger partial charge in [0.25, 0.3) is 0 Å². The van der Waals surface area contributed by atoms with Gasteiger partial charge < -0.3 is 0 Å². The maximum absolute atomic E-state index is 4.41. The van der Waals surface area contributed by atoms with Gasteiger partial charge in [0, 0.05) is 16.8 Å². The molecule has 0 aliphatic carbocycles. The average Bonchev–Trinajstić information content (AvgIpc) is 1.37. The Labute approximate surface area is 58.5 Å². The first-order valence-electron chi connectivity index (χ1n) is 0.548. The van der Waals surface area contributed by atoms with Crippen molar-refractivity contribution in [2.24, 2.45) is 0 Å². The fraction of sp³-hybridized carbons (Fsp3) is 0. The van der Waals surface area contributed by atoms with E-state index in [1.807, 2.05) is 0 Å². The third kappa shape index (κ3) is 10.7. The van der Waals surface area contributed by atoms with E-state index in [1.165, 1.54) is 9.83 Å². The molecule has 0 aromatic carbocycles. The Morgan fingerprint density at radius 3 is 2.00 bits per heavy atom. The summed E-state index contributed by atoms with van der Waals surface area (Å²) in [6.07, 6.45) is 0. The first-order valence-corrected chi connectivity index (χ1v) is 4.93. The number of hydrogen-bond donors (Lipinski definition) is 2. The van der Waals surface area contributed by atoms with Gasteiger partial charge in [-0.15, -0.1) is 0 Å². The monoisotopic (exact) mass is 189 g/mol. The molecular formula is H2CoS4. The summed E-state index contributed by atoms with van der Waals surface area (Å²) in [5.41, 5.74) is 0. The molecule has 0 rings (SSSR count). The van der Waals surface area contributed by atoms with Crippen LogP contribution in [0.2, 0.25) is 0 Å². The second-order valence-electron chi connectivity index (χ2n) is 0.156. The molecule has 1 radical (unpaired) electrons. The van der Waals surface area contributed by atoms with E-state index >= 15 is 0 Å². The van der Waals surface area contributed by atoms with Crippen LogP contribution in [-0.4, -0.2) is 0 Å². The predicted octanol–water partition coefficient (Wildman–Crippen LogP) is 0.754. The van der Waals surface area contributed by atoms with Crippen molar-refractivity contribution >= 4 is 42.0 Å². The van der Waals surface area contributed by atoms with Gasteiger partial charge in [0.1, 0.15) is 0 Å². The fourth-order valence-electron chi connectivity index (χ4n) is 0. The van der Waals surface area contributed by atoms with Crippen molar-refractivity contribution in [2.75, 3.05) is 0 Å². The summed E-state index contributed by atoms with van der Waals surface area (Å²) < 4.78 is 0. The molecule has 0 nitrogen and oxygen atoms in total. The molecule has 0 fully saturated rings. The zero-order chi connectivity index (χ0) is 3.41. The van der Waals surface area contributed by atoms with Gasteiger partial charge in [0.05, 0.1) is 0 Å². The Morgan fingerprint density at radius 1 is 1.80 bits per heavy atom. The number of rotatable bonds is 1. The largest absolute Gasteiger partial charge is 0.0997 e. The van der Waals surface area contributed by atoms with Crippen LogP contribution in [0.4, 0.5) is 0 Å². The van der Waals surface area contributed by atoms with Gasteiger partial charge in [-0.25, -0.2) is 0 Å². The minimum atomic E-state index is 0. The fourth-order valence-corrected chi connectivity index (χ4v) is 0. The quantitative estimate of drug-likeness (QED) is 0.461. The van der Waals surface area contributed by atoms with Crippen LogP contribution in [0, 0.1) is 0 Å². The third-order valence-corrected chi connectivity index (χ3v) is 2.70. The Morgan fingerprint density at radius 2 is 2.00 bits per heavy atom. The van der Waals surface area contributed by atoms with E-state index in [0.717, 1.165) is 9.35 Å². The van der Waals surface area contributed by atoms with Gasteiger partial charge >= 0.3 is 0 Å². The van der Waals surface area contributed by atoms with E-state index in [0.29, 0.717) is 0 Å². The molecule has 0 bridgehead atoms. The van der Waals surface area contributed by atoms with Crippen LogP contribution >= 0.6 is 21.5 Å². The molecule has 0 aromatic heterocycles. The number of thiol groups is 2. The van der Waals surface area contributed by atoms with E-state index in [2.05, 4.69) is 22.8 Å². The second-order valence-corrected chi connectivity index (χ2v) is 4.22. The maximum Gasteiger partial charge on any atom is 0 e. The van der Waals surface area contributed by atoms with E-state index in [-0.39, 0.29) is 16.8 Å². The van der Waals surface area contributed by atoms with Crippen molar-refractivity contribution in [1.82, 2.24) is 0 Å². The first-order chi connectivity index (χ1) is 1.91. The topological polar surface area (TPSA) is 0 Å². The summed E-state index contributed by atoms with van der Waals surface area (Å²) in [6.45, 7) is 0. The van der Waals surface area contributed by atoms with Crippen LogP contribution in [0.3, 0.4) is 0 Å². The SMILES string of the molecule is S=[SH]SS.[Co]. The minimum absolute atomic E-state index is 0. The molecule has 0 aliphatic heterocycles. The van der Waals surface area contributed by atoms with Gasteiger partial charge in [-0.3, -0.25) is 0 Å². The summed E-state index contributed by atoms with van der Waals surface area (Å²) >= 11 is 8.13. The number of hydrogen-bond acceptors (Lipinski definition) is 3. The molecule has 0 aromatic rings. The molecule has 5 heavy (non-hydrogen) atoms. The van der Waals surface area contributed by atoms with Gasteiger partial charge in [0.15, 0.2) is 0 Å². The van der Waals surface area contributed by atoms with Gasteiger partial charge in [-0.2, -0.15) is 0 Å². The summed E-state index contributed by atoms with van der Waals surface area (Å²) in [4.78, 5) is 0. The van der Waals surface area contributed by atoms with Crippen LogP contribution in [-0.2, 0) is 37.3 Å². The van der Waals surface area contributed by atoms with Crippen molar-refractivity contribution in [3.8, 4) is 0 Å². The molecule has 0 saturated carbocycles. The van der Waals surface area contributed by atoms with Crippen LogP contribution in [0.5, 0.6) is 0 Å². The minimum Gasteiger partial charge on any atom is -0.0997 e. The molecule has 0 atom stereocenters. The zero-order valence-corrected chi connectivity index (χ0v) is 6.51. The van der Waals surface area contributed by atoms with Crippen LogP contribution < -0.4 is 0 Å². The summed E-state index contributed by atoms with van der Waals surface area (Å²) in [7, 11) is 2.20. The summed E-state index contributed by atoms with van der Waals surface area (Å²) in [5.74, 6) is 0. The second kappa shape index (κ2) is 9.24. The van der Waals surface area contributed by atoms with Crippen molar-refractivity contribution in [1.29, 1.82) is 0 Å². The van der Waals surface area contributed by atoms with E-state index < -0.39 is 0 Å². The summed E-state index contributed by atoms with van der Waals surface area (Å²) in [5, 5.41) is 0. The van der Waals surface area contributed by atoms with E-state index in [1.54, 1.807) is 0 Å². The van der Waals surface area contributed by atoms with Crippen LogP contribution in [0.25, 0.3) is 0 Å². The van der Waals surface area contributed by atoms with Crippen molar-refractivity contribution in [3.63, 3.8) is 0 Å². The van der Waals surface area contributed by atoms with E-state index in [4.69, 9.17) is 0 Å². The molecule has 35 valence electrons. The average molecular weight is 189 g/mol. The molecule has 0 saturated heterocycles. The molecular weight excluding hydrogens is 187 g/mol. The predicted molar refractivity (Wildman–Crippen MR) is 32.7 cm³/mol. The molecule has 5 heteroatoms.